The molecule has 7 heteroatoms. The zero-order chi connectivity index (χ0) is 23.5. The Morgan fingerprint density at radius 2 is 1.71 bits per heavy atom. The largest absolute Gasteiger partial charge is 0.351 e. The Bertz CT molecular complexity index is 1200. The number of hydrogen-bond donors (Lipinski definition) is 0. The van der Waals surface area contributed by atoms with E-state index < -0.39 is 0 Å². The molecule has 0 bridgehead atoms. The van der Waals surface area contributed by atoms with Crippen LogP contribution in [0.1, 0.15) is 25.3 Å². The summed E-state index contributed by atoms with van der Waals surface area (Å²) in [7, 11) is 0. The number of amides is 1. The number of hydrogen-bond acceptors (Lipinski definition) is 5. The molecule has 2 aromatic carbocycles. The Balaban J connectivity index is 1.42. The topological polar surface area (TPSA) is 61.7 Å². The lowest BCUT2D eigenvalue weighted by atomic mass is 9.96. The van der Waals surface area contributed by atoms with E-state index in [1.807, 2.05) is 69.0 Å². The number of piperazine rings is 1. The number of anilines is 1. The van der Waals surface area contributed by atoms with Crippen LogP contribution in [0.5, 0.6) is 0 Å². The summed E-state index contributed by atoms with van der Waals surface area (Å²) in [4.78, 5) is 38.2. The van der Waals surface area contributed by atoms with E-state index in [1.165, 1.54) is 0 Å². The summed E-state index contributed by atoms with van der Waals surface area (Å²) in [5, 5.41) is 0. The number of nitrogens with zero attached hydrogens (tertiary/aromatic N) is 5. The molecule has 0 aliphatic carbocycles. The number of para-hydroxylation sites is 2. The summed E-state index contributed by atoms with van der Waals surface area (Å²) in [5.74, 6) is 0.603. The second-order valence-electron chi connectivity index (χ2n) is 9.35. The first-order chi connectivity index (χ1) is 16.6. The lowest BCUT2D eigenvalue weighted by molar-refractivity contribution is -0.137. The number of likely N-dealkylation sites (N-methyl/N-ethyl adjacent to an activating group) is 1. The lowest BCUT2D eigenvalue weighted by Gasteiger charge is -2.39. The molecule has 3 heterocycles. The van der Waals surface area contributed by atoms with Crippen molar-refractivity contribution in [3.63, 3.8) is 0 Å². The Labute approximate surface area is 200 Å². The van der Waals surface area contributed by atoms with Crippen LogP contribution in [0.25, 0.3) is 11.0 Å². The molecule has 2 aliphatic heterocycles. The van der Waals surface area contributed by atoms with E-state index in [9.17, 15) is 9.59 Å². The van der Waals surface area contributed by atoms with E-state index in [4.69, 9.17) is 4.98 Å². The zero-order valence-corrected chi connectivity index (χ0v) is 19.9. The zero-order valence-electron chi connectivity index (χ0n) is 19.9. The van der Waals surface area contributed by atoms with Crippen molar-refractivity contribution in [2.75, 3.05) is 50.7 Å². The number of carbonyl (C=O) groups is 1. The standard InChI is InChI=1S/C27H33N5O2/c1-2-29-15-17-30(18-16-29)26(33)22-11-8-14-31(20-22)25-27(34)32(19-21-9-4-3-5-10-21)24-13-7-6-12-23(24)28-25/h3-7,9-10,12-13,22H,2,8,11,14-20H2,1H3/t22-/m1/s1. The van der Waals surface area contributed by atoms with Gasteiger partial charge in [0.15, 0.2) is 5.82 Å². The predicted molar refractivity (Wildman–Crippen MR) is 135 cm³/mol. The van der Waals surface area contributed by atoms with Crippen molar-refractivity contribution in [3.05, 3.63) is 70.5 Å². The first kappa shape index (κ1) is 22.6. The highest BCUT2D eigenvalue weighted by molar-refractivity contribution is 5.80. The summed E-state index contributed by atoms with van der Waals surface area (Å²) in [6, 6.07) is 17.8. The van der Waals surface area contributed by atoms with Gasteiger partial charge in [0.1, 0.15) is 0 Å². The van der Waals surface area contributed by atoms with Crippen molar-refractivity contribution >= 4 is 22.8 Å². The van der Waals surface area contributed by atoms with Gasteiger partial charge in [-0.1, -0.05) is 49.4 Å². The summed E-state index contributed by atoms with van der Waals surface area (Å²) in [6.45, 7) is 8.46. The average molecular weight is 460 g/mol. The van der Waals surface area contributed by atoms with Gasteiger partial charge in [0.2, 0.25) is 5.91 Å². The smallest absolute Gasteiger partial charge is 0.294 e. The highest BCUT2D eigenvalue weighted by Crippen LogP contribution is 2.24. The van der Waals surface area contributed by atoms with E-state index in [1.54, 1.807) is 0 Å². The monoisotopic (exact) mass is 459 g/mol. The predicted octanol–water partition coefficient (Wildman–Crippen LogP) is 2.83. The van der Waals surface area contributed by atoms with Crippen molar-refractivity contribution in [1.82, 2.24) is 19.4 Å². The highest BCUT2D eigenvalue weighted by atomic mass is 16.2. The molecule has 3 aromatic rings. The Morgan fingerprint density at radius 1 is 0.971 bits per heavy atom. The summed E-state index contributed by atoms with van der Waals surface area (Å²) in [6.07, 6.45) is 1.76. The van der Waals surface area contributed by atoms with Crippen LogP contribution in [0.15, 0.2) is 59.4 Å². The van der Waals surface area contributed by atoms with Gasteiger partial charge in [0.05, 0.1) is 23.5 Å². The average Bonchev–Trinajstić information content (AvgIpc) is 2.90. The van der Waals surface area contributed by atoms with Crippen molar-refractivity contribution in [3.8, 4) is 0 Å². The third-order valence-electron chi connectivity index (χ3n) is 7.22. The first-order valence-electron chi connectivity index (χ1n) is 12.4. The number of piperidine rings is 1. The summed E-state index contributed by atoms with van der Waals surface area (Å²) in [5.41, 5.74) is 2.62. The molecule has 34 heavy (non-hydrogen) atoms. The molecule has 178 valence electrons. The highest BCUT2D eigenvalue weighted by Gasteiger charge is 2.32. The van der Waals surface area contributed by atoms with Crippen LogP contribution in [-0.4, -0.2) is 71.1 Å². The van der Waals surface area contributed by atoms with E-state index in [2.05, 4.69) is 11.8 Å². The number of fused-ring (bicyclic) bond motifs is 1. The van der Waals surface area contributed by atoms with Crippen LogP contribution in [0.4, 0.5) is 5.82 Å². The molecule has 1 aromatic heterocycles. The Hall–Kier alpha value is -3.19. The third-order valence-corrected chi connectivity index (χ3v) is 7.22. The maximum absolute atomic E-state index is 13.7. The molecule has 1 atom stereocenters. The van der Waals surface area contributed by atoms with Gasteiger partial charge in [-0.05, 0) is 37.1 Å². The minimum Gasteiger partial charge on any atom is -0.351 e. The molecule has 2 fully saturated rings. The Morgan fingerprint density at radius 3 is 2.47 bits per heavy atom. The van der Waals surface area contributed by atoms with Crippen molar-refractivity contribution in [2.24, 2.45) is 5.92 Å². The van der Waals surface area contributed by atoms with Crippen molar-refractivity contribution in [2.45, 2.75) is 26.3 Å². The number of aromatic nitrogens is 2. The summed E-state index contributed by atoms with van der Waals surface area (Å²) >= 11 is 0. The third kappa shape index (κ3) is 4.57. The molecule has 7 nitrogen and oxygen atoms in total. The van der Waals surface area contributed by atoms with E-state index >= 15 is 0 Å². The minimum absolute atomic E-state index is 0.0860. The van der Waals surface area contributed by atoms with Gasteiger partial charge in [-0.15, -0.1) is 0 Å². The second kappa shape index (κ2) is 9.97. The quantitative estimate of drug-likeness (QED) is 0.587. The fourth-order valence-electron chi connectivity index (χ4n) is 5.22. The van der Waals surface area contributed by atoms with Crippen LogP contribution >= 0.6 is 0 Å². The minimum atomic E-state index is -0.0905. The van der Waals surface area contributed by atoms with Gasteiger partial charge in [-0.3, -0.25) is 14.2 Å². The molecular formula is C27H33N5O2. The number of benzene rings is 2. The van der Waals surface area contributed by atoms with Gasteiger partial charge in [-0.2, -0.15) is 0 Å². The second-order valence-corrected chi connectivity index (χ2v) is 9.35. The molecule has 0 spiro atoms. The molecule has 0 unspecified atom stereocenters. The van der Waals surface area contributed by atoms with Gasteiger partial charge in [-0.25, -0.2) is 4.98 Å². The molecule has 0 saturated carbocycles. The van der Waals surface area contributed by atoms with Gasteiger partial charge >= 0.3 is 0 Å². The van der Waals surface area contributed by atoms with Crippen molar-refractivity contribution < 1.29 is 4.79 Å². The molecule has 2 aliphatic rings. The summed E-state index contributed by atoms with van der Waals surface area (Å²) < 4.78 is 1.82. The lowest BCUT2D eigenvalue weighted by Crippen LogP contribution is -2.53. The molecule has 1 amide bonds. The molecule has 5 rings (SSSR count). The van der Waals surface area contributed by atoms with Gasteiger partial charge in [0, 0.05) is 39.3 Å². The maximum atomic E-state index is 13.7. The van der Waals surface area contributed by atoms with E-state index in [0.717, 1.165) is 68.7 Å². The number of rotatable bonds is 5. The Kier molecular flexibility index (Phi) is 6.63. The van der Waals surface area contributed by atoms with Crippen LogP contribution in [0.2, 0.25) is 0 Å². The van der Waals surface area contributed by atoms with Crippen LogP contribution in [0.3, 0.4) is 0 Å². The number of carbonyl (C=O) groups excluding carboxylic acids is 1. The molecule has 0 radical (unpaired) electrons. The van der Waals surface area contributed by atoms with E-state index in [-0.39, 0.29) is 17.4 Å². The fraction of sp³-hybridized carbons (Fsp3) is 0.444. The van der Waals surface area contributed by atoms with Crippen LogP contribution in [0, 0.1) is 5.92 Å². The molecule has 0 N–H and O–H groups in total. The molecular weight excluding hydrogens is 426 g/mol. The van der Waals surface area contributed by atoms with Crippen molar-refractivity contribution in [1.29, 1.82) is 0 Å². The SMILES string of the molecule is CCN1CCN(C(=O)[C@@H]2CCCN(c3nc4ccccc4n(Cc4ccccc4)c3=O)C2)CC1. The molecule has 2 saturated heterocycles. The fourth-order valence-corrected chi connectivity index (χ4v) is 5.22. The first-order valence-corrected chi connectivity index (χ1v) is 12.4. The van der Waals surface area contributed by atoms with E-state index in [0.29, 0.717) is 18.9 Å². The van der Waals surface area contributed by atoms with Crippen LogP contribution in [-0.2, 0) is 11.3 Å². The van der Waals surface area contributed by atoms with Crippen LogP contribution < -0.4 is 10.5 Å². The maximum Gasteiger partial charge on any atom is 0.294 e. The normalized spacial score (nSPS) is 19.5. The van der Waals surface area contributed by atoms with Gasteiger partial charge in [0.25, 0.3) is 5.56 Å². The van der Waals surface area contributed by atoms with Gasteiger partial charge < -0.3 is 14.7 Å².